The maximum Gasteiger partial charge on any atom is 0.249 e. The lowest BCUT2D eigenvalue weighted by Gasteiger charge is -2.17. The molecule has 1 heterocycles. The zero-order valence-electron chi connectivity index (χ0n) is 9.99. The maximum absolute atomic E-state index is 11.5. The van der Waals surface area contributed by atoms with Crippen LogP contribution in [0.15, 0.2) is 24.3 Å². The molecule has 0 bridgehead atoms. The summed E-state index contributed by atoms with van der Waals surface area (Å²) in [6.45, 7) is 4.20. The van der Waals surface area contributed by atoms with E-state index in [4.69, 9.17) is 0 Å². The average Bonchev–Trinajstić information content (AvgIpc) is 2.58. The maximum atomic E-state index is 11.5. The van der Waals surface area contributed by atoms with E-state index in [2.05, 4.69) is 24.5 Å². The molecule has 0 aliphatic carbocycles. The van der Waals surface area contributed by atoms with Gasteiger partial charge in [0.05, 0.1) is 6.42 Å². The van der Waals surface area contributed by atoms with Gasteiger partial charge in [-0.15, -0.1) is 0 Å². The van der Waals surface area contributed by atoms with Crippen molar-refractivity contribution < 1.29 is 9.59 Å². The fourth-order valence-electron chi connectivity index (χ4n) is 1.99. The Morgan fingerprint density at radius 1 is 1.29 bits per heavy atom. The lowest BCUT2D eigenvalue weighted by atomic mass is 10.0. The first kappa shape index (κ1) is 11.6. The molecule has 1 unspecified atom stereocenters. The van der Waals surface area contributed by atoms with E-state index >= 15 is 0 Å². The van der Waals surface area contributed by atoms with Crippen LogP contribution in [0.5, 0.6) is 0 Å². The molecule has 2 amide bonds. The summed E-state index contributed by atoms with van der Waals surface area (Å²) >= 11 is 0. The molecule has 1 fully saturated rings. The summed E-state index contributed by atoms with van der Waals surface area (Å²) in [5, 5.41) is 5.43. The van der Waals surface area contributed by atoms with Crippen molar-refractivity contribution in [3.05, 3.63) is 29.8 Å². The van der Waals surface area contributed by atoms with Gasteiger partial charge in [0, 0.05) is 5.69 Å². The Balaban J connectivity index is 2.19. The Labute approximate surface area is 100 Å². The van der Waals surface area contributed by atoms with Gasteiger partial charge in [0.2, 0.25) is 11.8 Å². The minimum absolute atomic E-state index is 0.213. The van der Waals surface area contributed by atoms with Crippen LogP contribution in [0.2, 0.25) is 0 Å². The van der Waals surface area contributed by atoms with Gasteiger partial charge in [0.25, 0.3) is 0 Å². The summed E-state index contributed by atoms with van der Waals surface area (Å²) in [6.07, 6.45) is 0.214. The number of hydrogen-bond acceptors (Lipinski definition) is 3. The van der Waals surface area contributed by atoms with Crippen LogP contribution in [0.1, 0.15) is 31.7 Å². The second-order valence-corrected chi connectivity index (χ2v) is 4.56. The van der Waals surface area contributed by atoms with Crippen molar-refractivity contribution >= 4 is 17.5 Å². The van der Waals surface area contributed by atoms with Gasteiger partial charge in [-0.25, -0.2) is 0 Å². The van der Waals surface area contributed by atoms with Gasteiger partial charge in [0.15, 0.2) is 0 Å². The molecular weight excluding hydrogens is 216 g/mol. The summed E-state index contributed by atoms with van der Waals surface area (Å²) in [5.74, 6) is -0.0815. The van der Waals surface area contributed by atoms with Crippen LogP contribution in [0.3, 0.4) is 0 Å². The van der Waals surface area contributed by atoms with Crippen LogP contribution in [0.25, 0.3) is 0 Å². The summed E-state index contributed by atoms with van der Waals surface area (Å²) in [5.41, 5.74) is 2.08. The number of carbonyl (C=O) groups excluding carboxylic acids is 2. The van der Waals surface area contributed by atoms with E-state index in [0.29, 0.717) is 5.92 Å². The molecule has 0 radical (unpaired) electrons. The van der Waals surface area contributed by atoms with Crippen LogP contribution >= 0.6 is 0 Å². The summed E-state index contributed by atoms with van der Waals surface area (Å²) < 4.78 is 0. The molecule has 1 atom stereocenters. The minimum Gasteiger partial charge on any atom is -0.373 e. The Hall–Kier alpha value is -1.84. The highest BCUT2D eigenvalue weighted by atomic mass is 16.2. The van der Waals surface area contributed by atoms with Crippen molar-refractivity contribution in [2.24, 2.45) is 0 Å². The summed E-state index contributed by atoms with van der Waals surface area (Å²) in [4.78, 5) is 22.6. The van der Waals surface area contributed by atoms with E-state index in [9.17, 15) is 9.59 Å². The highest BCUT2D eigenvalue weighted by molar-refractivity contribution is 6.06. The molecular formula is C13H16N2O2. The number of rotatable bonds is 3. The second-order valence-electron chi connectivity index (χ2n) is 4.56. The van der Waals surface area contributed by atoms with Crippen LogP contribution in [0.4, 0.5) is 5.69 Å². The molecule has 1 aliphatic heterocycles. The van der Waals surface area contributed by atoms with Gasteiger partial charge in [-0.05, 0) is 17.5 Å². The largest absolute Gasteiger partial charge is 0.373 e. The zero-order valence-corrected chi connectivity index (χ0v) is 9.99. The zero-order chi connectivity index (χ0) is 12.4. The lowest BCUT2D eigenvalue weighted by molar-refractivity contribution is -0.124. The number of para-hydroxylation sites is 1. The SMILES string of the molecule is CC(C)c1ccccc1NC1CC(=O)NC1=O. The van der Waals surface area contributed by atoms with Gasteiger partial charge in [-0.3, -0.25) is 14.9 Å². The topological polar surface area (TPSA) is 58.2 Å². The predicted octanol–water partition coefficient (Wildman–Crippen LogP) is 1.64. The molecule has 4 heteroatoms. The van der Waals surface area contributed by atoms with Gasteiger partial charge >= 0.3 is 0 Å². The van der Waals surface area contributed by atoms with Crippen molar-refractivity contribution in [2.75, 3.05) is 5.32 Å². The van der Waals surface area contributed by atoms with Crippen molar-refractivity contribution in [3.63, 3.8) is 0 Å². The number of imide groups is 1. The highest BCUT2D eigenvalue weighted by Crippen LogP contribution is 2.25. The fraction of sp³-hybridized carbons (Fsp3) is 0.385. The average molecular weight is 232 g/mol. The molecule has 90 valence electrons. The molecule has 1 saturated heterocycles. The standard InChI is InChI=1S/C13H16N2O2/c1-8(2)9-5-3-4-6-10(9)14-11-7-12(16)15-13(11)17/h3-6,8,11,14H,7H2,1-2H3,(H,15,16,17). The van der Waals surface area contributed by atoms with Gasteiger partial charge in [0.1, 0.15) is 6.04 Å². The van der Waals surface area contributed by atoms with Crippen molar-refractivity contribution in [3.8, 4) is 0 Å². The Kier molecular flexibility index (Phi) is 3.13. The first-order valence-corrected chi connectivity index (χ1v) is 5.77. The third-order valence-corrected chi connectivity index (χ3v) is 2.88. The third kappa shape index (κ3) is 2.46. The second kappa shape index (κ2) is 4.57. The molecule has 17 heavy (non-hydrogen) atoms. The van der Waals surface area contributed by atoms with Crippen molar-refractivity contribution in [2.45, 2.75) is 32.2 Å². The molecule has 0 spiro atoms. The van der Waals surface area contributed by atoms with E-state index in [0.717, 1.165) is 11.3 Å². The number of amides is 2. The van der Waals surface area contributed by atoms with E-state index < -0.39 is 6.04 Å². The van der Waals surface area contributed by atoms with Crippen LogP contribution in [-0.2, 0) is 9.59 Å². The molecule has 0 aromatic heterocycles. The first-order chi connectivity index (χ1) is 8.08. The van der Waals surface area contributed by atoms with Gasteiger partial charge < -0.3 is 5.32 Å². The van der Waals surface area contributed by atoms with Crippen molar-refractivity contribution in [1.82, 2.24) is 5.32 Å². The molecule has 1 aliphatic rings. The van der Waals surface area contributed by atoms with Gasteiger partial charge in [-0.1, -0.05) is 32.0 Å². The van der Waals surface area contributed by atoms with E-state index in [1.54, 1.807) is 0 Å². The lowest BCUT2D eigenvalue weighted by Crippen LogP contribution is -2.30. The molecule has 2 rings (SSSR count). The normalized spacial score (nSPS) is 19.6. The number of carbonyl (C=O) groups is 2. The molecule has 1 aromatic carbocycles. The third-order valence-electron chi connectivity index (χ3n) is 2.88. The smallest absolute Gasteiger partial charge is 0.249 e. The van der Waals surface area contributed by atoms with Crippen LogP contribution in [0, 0.1) is 0 Å². The first-order valence-electron chi connectivity index (χ1n) is 5.77. The molecule has 1 aromatic rings. The Bertz CT molecular complexity index is 454. The highest BCUT2D eigenvalue weighted by Gasteiger charge is 2.30. The predicted molar refractivity (Wildman–Crippen MR) is 65.7 cm³/mol. The number of benzene rings is 1. The molecule has 2 N–H and O–H groups in total. The minimum atomic E-state index is -0.442. The number of nitrogens with one attached hydrogen (secondary N) is 2. The monoisotopic (exact) mass is 232 g/mol. The molecule has 4 nitrogen and oxygen atoms in total. The van der Waals surface area contributed by atoms with E-state index in [1.165, 1.54) is 0 Å². The van der Waals surface area contributed by atoms with Crippen LogP contribution in [-0.4, -0.2) is 17.9 Å². The Morgan fingerprint density at radius 3 is 2.59 bits per heavy atom. The molecule has 0 saturated carbocycles. The quantitative estimate of drug-likeness (QED) is 0.779. The Morgan fingerprint density at radius 2 is 2.00 bits per heavy atom. The van der Waals surface area contributed by atoms with E-state index in [-0.39, 0.29) is 18.2 Å². The summed E-state index contributed by atoms with van der Waals surface area (Å²) in [6, 6.07) is 7.42. The fourth-order valence-corrected chi connectivity index (χ4v) is 1.99. The van der Waals surface area contributed by atoms with Crippen molar-refractivity contribution in [1.29, 1.82) is 0 Å². The van der Waals surface area contributed by atoms with Crippen LogP contribution < -0.4 is 10.6 Å². The number of anilines is 1. The number of hydrogen-bond donors (Lipinski definition) is 2. The summed E-state index contributed by atoms with van der Waals surface area (Å²) in [7, 11) is 0. The van der Waals surface area contributed by atoms with E-state index in [1.807, 2.05) is 24.3 Å². The van der Waals surface area contributed by atoms with Gasteiger partial charge in [-0.2, -0.15) is 0 Å².